The molecule has 0 bridgehead atoms. The van der Waals surface area contributed by atoms with Crippen molar-refractivity contribution >= 4 is 18.1 Å². The minimum atomic E-state index is -4.69. The number of halogens is 4. The molecule has 0 amide bonds. The van der Waals surface area contributed by atoms with Gasteiger partial charge in [-0.05, 0) is 49.2 Å². The molecule has 7 heteroatoms. The van der Waals surface area contributed by atoms with E-state index in [2.05, 4.69) is 23.5 Å². The van der Waals surface area contributed by atoms with Gasteiger partial charge in [0.2, 0.25) is 0 Å². The molecular weight excluding hydrogens is 353 g/mol. The number of benzene rings is 2. The summed E-state index contributed by atoms with van der Waals surface area (Å²) >= 11 is 0. The summed E-state index contributed by atoms with van der Waals surface area (Å²) in [6, 6.07) is 13.1. The van der Waals surface area contributed by atoms with Crippen molar-refractivity contribution in [1.29, 1.82) is 0 Å². The van der Waals surface area contributed by atoms with E-state index in [9.17, 15) is 13.2 Å². The number of ether oxygens (including phenoxy) is 1. The van der Waals surface area contributed by atoms with E-state index < -0.39 is 12.4 Å². The van der Waals surface area contributed by atoms with Gasteiger partial charge in [0.15, 0.2) is 0 Å². The minimum absolute atomic E-state index is 0. The van der Waals surface area contributed by atoms with Crippen LogP contribution in [0.4, 0.5) is 18.9 Å². The summed E-state index contributed by atoms with van der Waals surface area (Å²) in [6.45, 7) is 6.02. The fourth-order valence-electron chi connectivity index (χ4n) is 2.55. The lowest BCUT2D eigenvalue weighted by atomic mass is 9.99. The van der Waals surface area contributed by atoms with Gasteiger partial charge < -0.3 is 15.4 Å². The molecule has 0 spiro atoms. The number of hydrogen-bond acceptors (Lipinski definition) is 3. The second kappa shape index (κ2) is 8.97. The molecule has 0 aromatic heterocycles. The number of anilines is 1. The fourth-order valence-corrected chi connectivity index (χ4v) is 2.55. The van der Waals surface area contributed by atoms with E-state index in [4.69, 9.17) is 5.73 Å². The number of rotatable bonds is 6. The Bertz CT molecular complexity index is 641. The topological polar surface area (TPSA) is 38.5 Å². The molecule has 25 heavy (non-hydrogen) atoms. The van der Waals surface area contributed by atoms with Crippen molar-refractivity contribution < 1.29 is 17.9 Å². The zero-order valence-electron chi connectivity index (χ0n) is 14.1. The summed E-state index contributed by atoms with van der Waals surface area (Å²) in [5.74, 6) is -0.254. The maximum atomic E-state index is 12.2. The largest absolute Gasteiger partial charge is 0.573 e. The second-order valence-electron chi connectivity index (χ2n) is 5.36. The molecule has 1 atom stereocenters. The first-order chi connectivity index (χ1) is 11.3. The Kier molecular flexibility index (Phi) is 7.58. The summed E-state index contributed by atoms with van der Waals surface area (Å²) in [6.07, 6.45) is -4.69. The third kappa shape index (κ3) is 5.83. The van der Waals surface area contributed by atoms with Crippen LogP contribution in [0.25, 0.3) is 0 Å². The van der Waals surface area contributed by atoms with E-state index >= 15 is 0 Å². The van der Waals surface area contributed by atoms with Crippen LogP contribution in [0.2, 0.25) is 0 Å². The van der Waals surface area contributed by atoms with Crippen molar-refractivity contribution in [2.24, 2.45) is 5.73 Å². The summed E-state index contributed by atoms with van der Waals surface area (Å²) < 4.78 is 40.4. The van der Waals surface area contributed by atoms with E-state index in [-0.39, 0.29) is 18.2 Å². The molecule has 0 unspecified atom stereocenters. The van der Waals surface area contributed by atoms with Gasteiger partial charge in [-0.15, -0.1) is 25.6 Å². The SMILES string of the molecule is CCN(CC)c1ccc([C@H](N)c2ccc(OC(F)(F)F)cc2)cc1.Cl. The van der Waals surface area contributed by atoms with Crippen LogP contribution in [-0.4, -0.2) is 19.5 Å². The molecule has 0 aliphatic rings. The zero-order chi connectivity index (χ0) is 17.7. The normalized spacial score (nSPS) is 12.2. The molecule has 0 aliphatic heterocycles. The average molecular weight is 375 g/mol. The molecule has 0 radical (unpaired) electrons. The highest BCUT2D eigenvalue weighted by molar-refractivity contribution is 5.85. The van der Waals surface area contributed by atoms with Crippen LogP contribution >= 0.6 is 12.4 Å². The van der Waals surface area contributed by atoms with Crippen LogP contribution in [0.15, 0.2) is 48.5 Å². The fraction of sp³-hybridized carbons (Fsp3) is 0.333. The zero-order valence-corrected chi connectivity index (χ0v) is 14.9. The third-order valence-corrected chi connectivity index (χ3v) is 3.85. The highest BCUT2D eigenvalue weighted by Crippen LogP contribution is 2.27. The van der Waals surface area contributed by atoms with E-state index in [1.54, 1.807) is 12.1 Å². The van der Waals surface area contributed by atoms with E-state index in [0.717, 1.165) is 29.9 Å². The smallest absolute Gasteiger partial charge is 0.406 e. The average Bonchev–Trinajstić information content (AvgIpc) is 2.55. The highest BCUT2D eigenvalue weighted by atomic mass is 35.5. The number of nitrogens with zero attached hydrogens (tertiary/aromatic N) is 1. The van der Waals surface area contributed by atoms with E-state index in [0.29, 0.717) is 0 Å². The maximum Gasteiger partial charge on any atom is 0.573 e. The number of alkyl halides is 3. The lowest BCUT2D eigenvalue weighted by Gasteiger charge is -2.22. The number of nitrogens with two attached hydrogens (primary N) is 1. The minimum Gasteiger partial charge on any atom is -0.406 e. The monoisotopic (exact) mass is 374 g/mol. The standard InChI is InChI=1S/C18H21F3N2O.ClH/c1-3-23(4-2)15-9-5-13(6-10-15)17(22)14-7-11-16(12-8-14)24-18(19,20)21;/h5-12,17H,3-4,22H2,1-2H3;1H/t17-;/m0./s1. The Hall–Kier alpha value is -1.92. The van der Waals surface area contributed by atoms with Gasteiger partial charge in [-0.25, -0.2) is 0 Å². The Balaban J connectivity index is 0.00000312. The highest BCUT2D eigenvalue weighted by Gasteiger charge is 2.31. The van der Waals surface area contributed by atoms with Gasteiger partial charge in [-0.1, -0.05) is 24.3 Å². The van der Waals surface area contributed by atoms with Crippen LogP contribution in [0.3, 0.4) is 0 Å². The maximum absolute atomic E-state index is 12.2. The molecule has 0 saturated carbocycles. The van der Waals surface area contributed by atoms with Gasteiger partial charge in [-0.3, -0.25) is 0 Å². The van der Waals surface area contributed by atoms with Gasteiger partial charge in [0.1, 0.15) is 5.75 Å². The summed E-state index contributed by atoms with van der Waals surface area (Å²) in [4.78, 5) is 2.22. The molecule has 2 rings (SSSR count). The first-order valence-electron chi connectivity index (χ1n) is 7.80. The molecule has 2 aromatic rings. The van der Waals surface area contributed by atoms with Crippen LogP contribution in [0.1, 0.15) is 31.0 Å². The van der Waals surface area contributed by atoms with E-state index in [1.165, 1.54) is 12.1 Å². The molecule has 0 aliphatic carbocycles. The molecule has 3 nitrogen and oxygen atoms in total. The van der Waals surface area contributed by atoms with Crippen molar-refractivity contribution in [2.45, 2.75) is 26.3 Å². The predicted molar refractivity (Wildman–Crippen MR) is 96.4 cm³/mol. The van der Waals surface area contributed by atoms with Crippen molar-refractivity contribution in [3.8, 4) is 5.75 Å². The third-order valence-electron chi connectivity index (χ3n) is 3.85. The molecule has 0 heterocycles. The Morgan fingerprint density at radius 3 is 1.76 bits per heavy atom. The summed E-state index contributed by atoms with van der Waals surface area (Å²) in [7, 11) is 0. The van der Waals surface area contributed by atoms with Crippen molar-refractivity contribution in [3.05, 3.63) is 59.7 Å². The van der Waals surface area contributed by atoms with Crippen LogP contribution in [0.5, 0.6) is 5.75 Å². The lowest BCUT2D eigenvalue weighted by Crippen LogP contribution is -2.21. The van der Waals surface area contributed by atoms with Gasteiger partial charge in [0.25, 0.3) is 0 Å². The van der Waals surface area contributed by atoms with Crippen LogP contribution < -0.4 is 15.4 Å². The first-order valence-corrected chi connectivity index (χ1v) is 7.80. The molecule has 0 saturated heterocycles. The van der Waals surface area contributed by atoms with Crippen molar-refractivity contribution in [2.75, 3.05) is 18.0 Å². The van der Waals surface area contributed by atoms with Gasteiger partial charge in [0.05, 0.1) is 6.04 Å². The molecule has 2 aromatic carbocycles. The van der Waals surface area contributed by atoms with E-state index in [1.807, 2.05) is 24.3 Å². The van der Waals surface area contributed by atoms with Gasteiger partial charge in [-0.2, -0.15) is 0 Å². The van der Waals surface area contributed by atoms with Crippen LogP contribution in [-0.2, 0) is 0 Å². The Labute approximate surface area is 152 Å². The van der Waals surface area contributed by atoms with Crippen LogP contribution in [0, 0.1) is 0 Å². The summed E-state index contributed by atoms with van der Waals surface area (Å²) in [5, 5.41) is 0. The number of hydrogen-bond donors (Lipinski definition) is 1. The Morgan fingerprint density at radius 1 is 0.920 bits per heavy atom. The quantitative estimate of drug-likeness (QED) is 0.781. The predicted octanol–water partition coefficient (Wildman–Crippen LogP) is 4.90. The Morgan fingerprint density at radius 2 is 1.36 bits per heavy atom. The van der Waals surface area contributed by atoms with Crippen molar-refractivity contribution in [1.82, 2.24) is 0 Å². The molecule has 138 valence electrons. The molecule has 2 N–H and O–H groups in total. The molecular formula is C18H22ClF3N2O. The summed E-state index contributed by atoms with van der Waals surface area (Å²) in [5.41, 5.74) is 8.94. The van der Waals surface area contributed by atoms with Crippen molar-refractivity contribution in [3.63, 3.8) is 0 Å². The first kappa shape index (κ1) is 21.1. The second-order valence-corrected chi connectivity index (χ2v) is 5.36. The van der Waals surface area contributed by atoms with Gasteiger partial charge >= 0.3 is 6.36 Å². The van der Waals surface area contributed by atoms with Gasteiger partial charge in [0, 0.05) is 18.8 Å². The molecule has 0 fully saturated rings. The lowest BCUT2D eigenvalue weighted by molar-refractivity contribution is -0.274.